The molecule has 4 aromatic carbocycles. The highest BCUT2D eigenvalue weighted by Crippen LogP contribution is 2.40. The summed E-state index contributed by atoms with van der Waals surface area (Å²) in [6, 6.07) is 32.9. The van der Waals surface area contributed by atoms with E-state index < -0.39 is 72.6 Å². The molecule has 1 saturated heterocycles. The molecule has 0 saturated carbocycles. The van der Waals surface area contributed by atoms with E-state index >= 15 is 0 Å². The normalized spacial score (nSPS) is 17.2. The maximum atomic E-state index is 14.7. The van der Waals surface area contributed by atoms with Gasteiger partial charge in [-0.05, 0) is 41.7 Å². The van der Waals surface area contributed by atoms with Gasteiger partial charge in [-0.1, -0.05) is 109 Å². The number of carbonyl (C=O) groups is 6. The Balaban J connectivity index is 1.28. The summed E-state index contributed by atoms with van der Waals surface area (Å²) < 4.78 is 36.7. The third kappa shape index (κ3) is 12.2. The fraction of sp³-hybridized carbons (Fsp3) is 0.286. The lowest BCUT2D eigenvalue weighted by molar-refractivity contribution is -0.166. The highest BCUT2D eigenvalue weighted by atomic mass is 16.6. The minimum absolute atomic E-state index is 0.0643. The van der Waals surface area contributed by atoms with Gasteiger partial charge in [0, 0.05) is 26.0 Å². The Labute approximate surface area is 390 Å². The second kappa shape index (κ2) is 22.8. The molecule has 68 heavy (non-hydrogen) atoms. The molecule has 6 aromatic rings. The molecule has 352 valence electrons. The third-order valence-corrected chi connectivity index (χ3v) is 10.9. The van der Waals surface area contributed by atoms with E-state index in [-0.39, 0.29) is 49.6 Å². The molecule has 0 bridgehead atoms. The molecular formula is C49H49N7O12. The number of imidazole rings is 1. The van der Waals surface area contributed by atoms with Gasteiger partial charge in [-0.15, -0.1) is 0 Å². The van der Waals surface area contributed by atoms with Crippen LogP contribution in [0.4, 0.5) is 15.4 Å². The third-order valence-electron chi connectivity index (χ3n) is 10.9. The number of nitrogens with one attached hydrogen (secondary N) is 2. The minimum atomic E-state index is -1.43. The number of hydrogen-bond acceptors (Lipinski definition) is 15. The van der Waals surface area contributed by atoms with Gasteiger partial charge in [-0.2, -0.15) is 0 Å². The zero-order chi connectivity index (χ0) is 48.0. The number of anilines is 1. The molecule has 2 N–H and O–H groups in total. The van der Waals surface area contributed by atoms with E-state index in [4.69, 9.17) is 28.4 Å². The van der Waals surface area contributed by atoms with Gasteiger partial charge < -0.3 is 39.1 Å². The van der Waals surface area contributed by atoms with Crippen molar-refractivity contribution in [3.8, 4) is 0 Å². The Morgan fingerprint density at radius 1 is 0.706 bits per heavy atom. The van der Waals surface area contributed by atoms with Crippen LogP contribution in [-0.2, 0) is 62.6 Å². The highest BCUT2D eigenvalue weighted by molar-refractivity contribution is 6.06. The molecule has 1 unspecified atom stereocenters. The first kappa shape index (κ1) is 47.8. The molecule has 6 atom stereocenters. The molecule has 19 nitrogen and oxygen atoms in total. The van der Waals surface area contributed by atoms with Gasteiger partial charge in [-0.25, -0.2) is 29.3 Å². The number of aromatic nitrogens is 4. The van der Waals surface area contributed by atoms with Gasteiger partial charge in [0.15, 0.2) is 35.4 Å². The number of hydrogen-bond donors (Lipinski definition) is 2. The van der Waals surface area contributed by atoms with Crippen molar-refractivity contribution in [2.24, 2.45) is 0 Å². The number of ether oxygens (including phenoxy) is 6. The first-order valence-corrected chi connectivity index (χ1v) is 21.6. The van der Waals surface area contributed by atoms with E-state index in [0.29, 0.717) is 22.3 Å². The number of fused-ring (bicyclic) bond motifs is 1. The maximum Gasteiger partial charge on any atom is 0.410 e. The molecule has 19 heteroatoms. The summed E-state index contributed by atoms with van der Waals surface area (Å²) in [7, 11) is 1.16. The summed E-state index contributed by atoms with van der Waals surface area (Å²) in [5, 5.41) is 5.34. The number of methoxy groups -OCH3 is 1. The van der Waals surface area contributed by atoms with Crippen LogP contribution in [0.25, 0.3) is 11.2 Å². The first-order valence-electron chi connectivity index (χ1n) is 21.6. The van der Waals surface area contributed by atoms with Crippen molar-refractivity contribution in [2.75, 3.05) is 12.4 Å². The average Bonchev–Trinajstić information content (AvgIpc) is 3.93. The second-order valence-electron chi connectivity index (χ2n) is 15.6. The fourth-order valence-corrected chi connectivity index (χ4v) is 7.77. The zero-order valence-electron chi connectivity index (χ0n) is 37.3. The number of nitrogens with zero attached hydrogens (tertiary/aromatic N) is 5. The Kier molecular flexibility index (Phi) is 16.0. The van der Waals surface area contributed by atoms with Crippen LogP contribution in [0.1, 0.15) is 60.0 Å². The monoisotopic (exact) mass is 927 g/mol. The largest absolute Gasteiger partial charge is 0.467 e. The number of rotatable bonds is 18. The van der Waals surface area contributed by atoms with Crippen molar-refractivity contribution < 1.29 is 57.2 Å². The van der Waals surface area contributed by atoms with Gasteiger partial charge in [0.05, 0.1) is 19.5 Å². The van der Waals surface area contributed by atoms with Gasteiger partial charge >= 0.3 is 30.1 Å². The van der Waals surface area contributed by atoms with Crippen molar-refractivity contribution in [2.45, 2.75) is 83.1 Å². The Morgan fingerprint density at radius 2 is 1.28 bits per heavy atom. The topological polar surface area (TPSA) is 229 Å². The molecule has 0 radical (unpaired) electrons. The van der Waals surface area contributed by atoms with E-state index in [0.717, 1.165) is 7.11 Å². The number of amides is 3. The lowest BCUT2D eigenvalue weighted by atomic mass is 9.95. The Hall–Kier alpha value is -8.19. The van der Waals surface area contributed by atoms with Crippen molar-refractivity contribution in [1.82, 2.24) is 29.7 Å². The van der Waals surface area contributed by atoms with Crippen molar-refractivity contribution in [3.63, 3.8) is 0 Å². The average molecular weight is 928 g/mol. The van der Waals surface area contributed by atoms with Crippen LogP contribution in [0.5, 0.6) is 0 Å². The smallest absolute Gasteiger partial charge is 0.410 e. The molecular weight excluding hydrogens is 879 g/mol. The summed E-state index contributed by atoms with van der Waals surface area (Å²) in [6.45, 7) is 2.04. The van der Waals surface area contributed by atoms with E-state index in [1.807, 2.05) is 18.2 Å². The molecule has 1 fully saturated rings. The van der Waals surface area contributed by atoms with Crippen LogP contribution in [-0.4, -0.2) is 97.9 Å². The lowest BCUT2D eigenvalue weighted by Gasteiger charge is -2.37. The van der Waals surface area contributed by atoms with Crippen molar-refractivity contribution in [1.29, 1.82) is 0 Å². The van der Waals surface area contributed by atoms with Gasteiger partial charge in [-0.3, -0.25) is 23.9 Å². The number of alkyl carbamates (subject to hydrolysis) is 1. The van der Waals surface area contributed by atoms with Crippen LogP contribution < -0.4 is 10.6 Å². The quantitative estimate of drug-likeness (QED) is 0.0713. The van der Waals surface area contributed by atoms with Gasteiger partial charge in [0.25, 0.3) is 5.91 Å². The molecule has 1 aliphatic rings. The Bertz CT molecular complexity index is 2670. The summed E-state index contributed by atoms with van der Waals surface area (Å²) in [5.74, 6) is -2.76. The summed E-state index contributed by atoms with van der Waals surface area (Å²) in [4.78, 5) is 95.1. The predicted molar refractivity (Wildman–Crippen MR) is 242 cm³/mol. The summed E-state index contributed by atoms with van der Waals surface area (Å²) >= 11 is 0. The fourth-order valence-electron chi connectivity index (χ4n) is 7.77. The maximum absolute atomic E-state index is 14.7. The van der Waals surface area contributed by atoms with Crippen LogP contribution in [0, 0.1) is 0 Å². The minimum Gasteiger partial charge on any atom is -0.467 e. The van der Waals surface area contributed by atoms with Crippen LogP contribution in [0.15, 0.2) is 134 Å². The predicted octanol–water partition coefficient (Wildman–Crippen LogP) is 6.30. The molecule has 2 aromatic heterocycles. The second-order valence-corrected chi connectivity index (χ2v) is 15.6. The highest BCUT2D eigenvalue weighted by Gasteiger charge is 2.55. The van der Waals surface area contributed by atoms with E-state index in [1.54, 1.807) is 103 Å². The zero-order valence-corrected chi connectivity index (χ0v) is 37.3. The molecule has 0 aliphatic carbocycles. The Morgan fingerprint density at radius 3 is 1.88 bits per heavy atom. The number of benzene rings is 4. The van der Waals surface area contributed by atoms with Crippen LogP contribution in [0.2, 0.25) is 0 Å². The van der Waals surface area contributed by atoms with Gasteiger partial charge in [0.1, 0.15) is 31.7 Å². The number of esters is 3. The number of carbonyl (C=O) groups excluding carboxylic acids is 6. The molecule has 1 aliphatic heterocycles. The molecule has 3 heterocycles. The first-order chi connectivity index (χ1) is 33.0. The van der Waals surface area contributed by atoms with Crippen molar-refractivity contribution in [3.05, 3.63) is 156 Å². The standard InChI is InChI=1S/C49H49N7O12/c1-31(57)66-41-40(68-46(42(41)67-32(2)58)56-30-52-39-43(50-29-51-44(39)56)54-45(59)36-22-14-7-15-23-36)38(25-24-37(47(60)63-3)53-48(61)64-27-34-18-10-5-11-19-34)55(26-33-16-8-4-9-17-33)49(62)65-28-35-20-12-6-13-21-35/h4-23,29-30,37-38,40-42,46H,24-28H2,1-3H3,(H,53,61)(H,50,51,54,59)/t37-,38-,40+,41?,42-,46+/m0/s1. The van der Waals surface area contributed by atoms with Crippen LogP contribution in [0.3, 0.4) is 0 Å². The van der Waals surface area contributed by atoms with Crippen LogP contribution >= 0.6 is 0 Å². The summed E-state index contributed by atoms with van der Waals surface area (Å²) in [5.41, 5.74) is 2.71. The van der Waals surface area contributed by atoms with Gasteiger partial charge in [0.2, 0.25) is 0 Å². The van der Waals surface area contributed by atoms with E-state index in [9.17, 15) is 28.8 Å². The summed E-state index contributed by atoms with van der Waals surface area (Å²) in [6.07, 6.45) is -5.02. The SMILES string of the molecule is COC(=O)[C@H](CC[C@@H]([C@H]1O[C@@H](n2cnc3c(NC(=O)c4ccccc4)ncnc32)[C@@H](OC(C)=O)C1OC(C)=O)N(Cc1ccccc1)C(=O)OCc1ccccc1)NC(=O)OCc1ccccc1. The molecule has 7 rings (SSSR count). The molecule has 3 amide bonds. The van der Waals surface area contributed by atoms with E-state index in [1.165, 1.54) is 36.0 Å². The van der Waals surface area contributed by atoms with Crippen molar-refractivity contribution >= 4 is 53.0 Å². The lowest BCUT2D eigenvalue weighted by Crippen LogP contribution is -2.53. The van der Waals surface area contributed by atoms with E-state index in [2.05, 4.69) is 25.6 Å². The molecule has 0 spiro atoms.